The summed E-state index contributed by atoms with van der Waals surface area (Å²) in [4.78, 5) is 23.6. The summed E-state index contributed by atoms with van der Waals surface area (Å²) in [5, 5.41) is 5.45. The fourth-order valence-corrected chi connectivity index (χ4v) is 3.66. The van der Waals surface area contributed by atoms with E-state index in [1.54, 1.807) is 61.5 Å². The minimum Gasteiger partial charge on any atom is -0.468 e. The lowest BCUT2D eigenvalue weighted by Crippen LogP contribution is -2.22. The highest BCUT2D eigenvalue weighted by Crippen LogP contribution is 2.15. The van der Waals surface area contributed by atoms with E-state index in [2.05, 4.69) is 15.4 Å². The molecule has 0 radical (unpaired) electrons. The number of benzene rings is 2. The molecule has 0 aliphatic heterocycles. The van der Waals surface area contributed by atoms with Crippen molar-refractivity contribution in [3.8, 4) is 0 Å². The summed E-state index contributed by atoms with van der Waals surface area (Å²) >= 11 is 0. The summed E-state index contributed by atoms with van der Waals surface area (Å²) in [6.45, 7) is 1.82. The molecule has 0 saturated heterocycles. The number of hydrogen-bond acceptors (Lipinski definition) is 5. The third kappa shape index (κ3) is 6.66. The first-order valence-electron chi connectivity index (χ1n) is 9.87. The van der Waals surface area contributed by atoms with Gasteiger partial charge in [0.25, 0.3) is 0 Å². The number of carbonyl (C=O) groups excluding carboxylic acids is 2. The molecule has 0 atom stereocenters. The van der Waals surface area contributed by atoms with Gasteiger partial charge >= 0.3 is 0 Å². The van der Waals surface area contributed by atoms with Gasteiger partial charge in [0.05, 0.1) is 17.7 Å². The van der Waals surface area contributed by atoms with Crippen molar-refractivity contribution in [2.75, 3.05) is 10.6 Å². The molecule has 32 heavy (non-hydrogen) atoms. The molecule has 0 aliphatic rings. The van der Waals surface area contributed by atoms with E-state index in [4.69, 9.17) is 4.42 Å². The lowest BCUT2D eigenvalue weighted by molar-refractivity contribution is -0.116. The topological polar surface area (TPSA) is 118 Å². The van der Waals surface area contributed by atoms with Crippen LogP contribution in [0.4, 0.5) is 11.4 Å². The number of nitrogens with one attached hydrogen (secondary N) is 3. The van der Waals surface area contributed by atoms with Crippen molar-refractivity contribution in [1.82, 2.24) is 4.72 Å². The number of sulfonamides is 1. The van der Waals surface area contributed by atoms with Gasteiger partial charge in [-0.3, -0.25) is 9.59 Å². The molecule has 3 N–H and O–H groups in total. The molecule has 2 aromatic carbocycles. The van der Waals surface area contributed by atoms with Crippen LogP contribution < -0.4 is 15.4 Å². The lowest BCUT2D eigenvalue weighted by Gasteiger charge is -2.06. The Morgan fingerprint density at radius 2 is 1.59 bits per heavy atom. The monoisotopic (exact) mass is 453 g/mol. The van der Waals surface area contributed by atoms with Crippen molar-refractivity contribution in [2.24, 2.45) is 0 Å². The Morgan fingerprint density at radius 3 is 2.19 bits per heavy atom. The largest absolute Gasteiger partial charge is 0.468 e. The summed E-state index contributed by atoms with van der Waals surface area (Å²) in [7, 11) is -3.68. The van der Waals surface area contributed by atoms with Crippen LogP contribution in [-0.2, 0) is 26.2 Å². The van der Waals surface area contributed by atoms with E-state index >= 15 is 0 Å². The second-order valence-electron chi connectivity index (χ2n) is 6.77. The first-order chi connectivity index (χ1) is 15.4. The average Bonchev–Trinajstić information content (AvgIpc) is 3.32. The highest BCUT2D eigenvalue weighted by molar-refractivity contribution is 7.89. The van der Waals surface area contributed by atoms with Crippen LogP contribution in [-0.4, -0.2) is 20.2 Å². The molecule has 166 valence electrons. The normalized spacial score (nSPS) is 11.4. The molecule has 0 aliphatic carbocycles. The molecule has 1 heterocycles. The van der Waals surface area contributed by atoms with Crippen molar-refractivity contribution in [2.45, 2.75) is 24.8 Å². The maximum absolute atomic E-state index is 12.4. The Bertz CT molecular complexity index is 1180. The standard InChI is InChI=1S/C23H23N3O5S/c1-2-22(27)25-18-8-10-19(11-9-18)26-23(28)14-7-17-5-12-21(13-6-17)32(29,30)24-16-20-4-3-15-31-20/h3-15,24H,2,16H2,1H3,(H,25,27)(H,26,28)/b14-7+. The maximum atomic E-state index is 12.4. The minimum atomic E-state index is -3.68. The van der Waals surface area contributed by atoms with Gasteiger partial charge in [-0.2, -0.15) is 0 Å². The van der Waals surface area contributed by atoms with Crippen LogP contribution in [0.25, 0.3) is 6.08 Å². The Labute approximate surface area is 186 Å². The van der Waals surface area contributed by atoms with Gasteiger partial charge < -0.3 is 15.1 Å². The van der Waals surface area contributed by atoms with Crippen LogP contribution in [0.15, 0.2) is 82.3 Å². The van der Waals surface area contributed by atoms with Gasteiger partial charge in [0, 0.05) is 23.9 Å². The lowest BCUT2D eigenvalue weighted by atomic mass is 10.2. The van der Waals surface area contributed by atoms with Gasteiger partial charge in [-0.15, -0.1) is 0 Å². The van der Waals surface area contributed by atoms with E-state index in [0.29, 0.717) is 29.1 Å². The predicted octanol–water partition coefficient (Wildman–Crippen LogP) is 3.76. The third-order valence-electron chi connectivity index (χ3n) is 4.39. The number of anilines is 2. The van der Waals surface area contributed by atoms with Crippen molar-refractivity contribution >= 4 is 39.3 Å². The molecule has 9 heteroatoms. The molecular formula is C23H23N3O5S. The quantitative estimate of drug-likeness (QED) is 0.427. The number of amides is 2. The smallest absolute Gasteiger partial charge is 0.248 e. The maximum Gasteiger partial charge on any atom is 0.248 e. The van der Waals surface area contributed by atoms with Crippen molar-refractivity contribution in [3.05, 3.63) is 84.3 Å². The first kappa shape index (κ1) is 23.0. The SMILES string of the molecule is CCC(=O)Nc1ccc(NC(=O)/C=C/c2ccc(S(=O)(=O)NCc3ccco3)cc2)cc1. The summed E-state index contributed by atoms with van der Waals surface area (Å²) in [6, 6.07) is 16.3. The second-order valence-corrected chi connectivity index (χ2v) is 8.54. The van der Waals surface area contributed by atoms with Gasteiger partial charge in [0.2, 0.25) is 21.8 Å². The van der Waals surface area contributed by atoms with E-state index in [9.17, 15) is 18.0 Å². The van der Waals surface area contributed by atoms with E-state index in [0.717, 1.165) is 0 Å². The third-order valence-corrected chi connectivity index (χ3v) is 5.81. The highest BCUT2D eigenvalue weighted by Gasteiger charge is 2.14. The molecule has 0 spiro atoms. The average molecular weight is 454 g/mol. The molecule has 1 aromatic heterocycles. The van der Waals surface area contributed by atoms with E-state index in [1.807, 2.05) is 0 Å². The van der Waals surface area contributed by atoms with Crippen LogP contribution in [0.5, 0.6) is 0 Å². The number of furan rings is 1. The van der Waals surface area contributed by atoms with Crippen LogP contribution in [0.1, 0.15) is 24.7 Å². The van der Waals surface area contributed by atoms with Gasteiger partial charge in [-0.25, -0.2) is 13.1 Å². The molecule has 2 amide bonds. The van der Waals surface area contributed by atoms with E-state index in [1.165, 1.54) is 24.5 Å². The zero-order chi connectivity index (χ0) is 23.0. The summed E-state index contributed by atoms with van der Waals surface area (Å²) in [6.07, 6.45) is 4.80. The van der Waals surface area contributed by atoms with Crippen LogP contribution in [0.2, 0.25) is 0 Å². The highest BCUT2D eigenvalue weighted by atomic mass is 32.2. The number of carbonyl (C=O) groups is 2. The minimum absolute atomic E-state index is 0.0586. The van der Waals surface area contributed by atoms with E-state index < -0.39 is 10.0 Å². The molecule has 0 saturated carbocycles. The number of rotatable bonds is 9. The molecule has 3 rings (SSSR count). The van der Waals surface area contributed by atoms with Gasteiger partial charge in [0.15, 0.2) is 0 Å². The molecule has 8 nitrogen and oxygen atoms in total. The summed E-state index contributed by atoms with van der Waals surface area (Å²) in [5.74, 6) is 0.0866. The molecule has 0 fully saturated rings. The van der Waals surface area contributed by atoms with Crippen molar-refractivity contribution in [3.63, 3.8) is 0 Å². The van der Waals surface area contributed by atoms with Gasteiger partial charge in [-0.1, -0.05) is 19.1 Å². The molecular weight excluding hydrogens is 430 g/mol. The van der Waals surface area contributed by atoms with Crippen LogP contribution >= 0.6 is 0 Å². The Balaban J connectivity index is 1.54. The predicted molar refractivity (Wildman–Crippen MR) is 122 cm³/mol. The van der Waals surface area contributed by atoms with Crippen molar-refractivity contribution in [1.29, 1.82) is 0 Å². The first-order valence-corrected chi connectivity index (χ1v) is 11.3. The fraction of sp³-hybridized carbons (Fsp3) is 0.130. The fourth-order valence-electron chi connectivity index (χ4n) is 2.66. The van der Waals surface area contributed by atoms with Gasteiger partial charge in [0.1, 0.15) is 5.76 Å². The van der Waals surface area contributed by atoms with Gasteiger partial charge in [-0.05, 0) is 60.2 Å². The zero-order valence-electron chi connectivity index (χ0n) is 17.4. The molecule has 3 aromatic rings. The summed E-state index contributed by atoms with van der Waals surface area (Å²) < 4.78 is 32.3. The molecule has 0 bridgehead atoms. The Morgan fingerprint density at radius 1 is 0.938 bits per heavy atom. The zero-order valence-corrected chi connectivity index (χ0v) is 18.2. The second kappa shape index (κ2) is 10.6. The van der Waals surface area contributed by atoms with Crippen LogP contribution in [0.3, 0.4) is 0 Å². The Hall–Kier alpha value is -3.69. The summed E-state index contributed by atoms with van der Waals surface area (Å²) in [5.41, 5.74) is 1.90. The molecule has 0 unspecified atom stereocenters. The van der Waals surface area contributed by atoms with Crippen molar-refractivity contribution < 1.29 is 22.4 Å². The number of hydrogen-bond donors (Lipinski definition) is 3. The van der Waals surface area contributed by atoms with E-state index in [-0.39, 0.29) is 23.3 Å². The Kier molecular flexibility index (Phi) is 7.58. The van der Waals surface area contributed by atoms with Crippen LogP contribution in [0, 0.1) is 0 Å².